The van der Waals surface area contributed by atoms with Crippen molar-refractivity contribution >= 4 is 40.5 Å². The van der Waals surface area contributed by atoms with Crippen LogP contribution in [0.15, 0.2) is 66.9 Å². The first-order valence-corrected chi connectivity index (χ1v) is 11.0. The number of hydrogen-bond acceptors (Lipinski definition) is 6. The molecule has 2 aromatic carbocycles. The molecule has 0 spiro atoms. The third kappa shape index (κ3) is 4.22. The van der Waals surface area contributed by atoms with Crippen molar-refractivity contribution in [1.82, 2.24) is 14.6 Å². The van der Waals surface area contributed by atoms with Gasteiger partial charge in [-0.2, -0.15) is 4.98 Å². The Morgan fingerprint density at radius 1 is 1.06 bits per heavy atom. The summed E-state index contributed by atoms with van der Waals surface area (Å²) < 4.78 is 1.73. The molecule has 1 aliphatic heterocycles. The molecular weight excluding hydrogens is 440 g/mol. The van der Waals surface area contributed by atoms with Gasteiger partial charge in [0, 0.05) is 35.6 Å². The summed E-state index contributed by atoms with van der Waals surface area (Å²) in [5.74, 6) is -0.0227. The molecule has 3 heterocycles. The van der Waals surface area contributed by atoms with Crippen molar-refractivity contribution in [2.24, 2.45) is 5.73 Å². The molecule has 168 valence electrons. The van der Waals surface area contributed by atoms with Crippen molar-refractivity contribution < 1.29 is 9.90 Å². The number of nitrogens with zero attached hydrogens (tertiary/aromatic N) is 4. The van der Waals surface area contributed by atoms with Crippen LogP contribution in [0.3, 0.4) is 0 Å². The molecule has 0 atom stereocenters. The first-order valence-electron chi connectivity index (χ1n) is 10.7. The Morgan fingerprint density at radius 2 is 1.76 bits per heavy atom. The number of amides is 1. The lowest BCUT2D eigenvalue weighted by Crippen LogP contribution is -2.42. The lowest BCUT2D eigenvalue weighted by atomic mass is 9.84. The number of piperidine rings is 1. The monoisotopic (exact) mass is 462 g/mol. The number of pyridine rings is 1. The molecular formula is C24H23ClN6O2. The Bertz CT molecular complexity index is 1300. The topological polar surface area (TPSA) is 109 Å². The lowest BCUT2D eigenvalue weighted by molar-refractivity contribution is 0.0118. The minimum absolute atomic E-state index is 0.439. The van der Waals surface area contributed by atoms with Crippen molar-refractivity contribution in [2.45, 2.75) is 18.4 Å². The number of fused-ring (bicyclic) bond motifs is 1. The average molecular weight is 463 g/mol. The number of nitrogens with two attached hydrogens (primary N) is 1. The number of halogens is 1. The summed E-state index contributed by atoms with van der Waals surface area (Å²) >= 11 is 6.00. The smallest absolute Gasteiger partial charge is 0.248 e. The van der Waals surface area contributed by atoms with E-state index in [9.17, 15) is 9.90 Å². The van der Waals surface area contributed by atoms with Crippen LogP contribution in [0.25, 0.3) is 5.65 Å². The summed E-state index contributed by atoms with van der Waals surface area (Å²) in [5.41, 5.74) is 8.19. The van der Waals surface area contributed by atoms with Crippen LogP contribution in [0.1, 0.15) is 28.8 Å². The van der Waals surface area contributed by atoms with Gasteiger partial charge in [-0.3, -0.25) is 4.79 Å². The summed E-state index contributed by atoms with van der Waals surface area (Å²) in [4.78, 5) is 18.2. The number of primary amides is 1. The van der Waals surface area contributed by atoms with E-state index in [-0.39, 0.29) is 0 Å². The third-order valence-corrected chi connectivity index (χ3v) is 6.33. The van der Waals surface area contributed by atoms with E-state index in [1.807, 2.05) is 42.6 Å². The number of carbonyl (C=O) groups is 1. The Labute approximate surface area is 195 Å². The van der Waals surface area contributed by atoms with Gasteiger partial charge in [0.2, 0.25) is 11.9 Å². The van der Waals surface area contributed by atoms with E-state index in [0.717, 1.165) is 22.6 Å². The molecule has 0 aliphatic carbocycles. The van der Waals surface area contributed by atoms with Crippen LogP contribution < -0.4 is 16.0 Å². The maximum atomic E-state index is 11.3. The number of hydrogen-bond donors (Lipinski definition) is 3. The standard InChI is InChI=1S/C24H23ClN6O2/c25-18-7-5-17(6-8-18)24(33)11-14-30(15-12-24)20-2-1-13-31-22(20)28-23(29-31)27-19-9-3-16(4-10-19)21(26)32/h1-10,13,33H,11-12,14-15H2,(H2,26,32)(H,27,29). The molecule has 1 amide bonds. The number of carbonyl (C=O) groups excluding carboxylic acids is 1. The van der Waals surface area contributed by atoms with Crippen LogP contribution in [-0.2, 0) is 5.60 Å². The van der Waals surface area contributed by atoms with Crippen LogP contribution in [0.4, 0.5) is 17.3 Å². The van der Waals surface area contributed by atoms with Gasteiger partial charge in [0.25, 0.3) is 0 Å². The fourth-order valence-electron chi connectivity index (χ4n) is 4.21. The summed E-state index contributed by atoms with van der Waals surface area (Å²) in [7, 11) is 0. The van der Waals surface area contributed by atoms with Crippen molar-refractivity contribution in [1.29, 1.82) is 0 Å². The fraction of sp³-hybridized carbons (Fsp3) is 0.208. The molecule has 0 bridgehead atoms. The molecule has 5 rings (SSSR count). The van der Waals surface area contributed by atoms with E-state index in [1.54, 1.807) is 28.8 Å². The molecule has 0 radical (unpaired) electrons. The number of benzene rings is 2. The molecule has 4 N–H and O–H groups in total. The molecule has 33 heavy (non-hydrogen) atoms. The summed E-state index contributed by atoms with van der Waals surface area (Å²) in [5, 5.41) is 19.5. The van der Waals surface area contributed by atoms with E-state index in [1.165, 1.54) is 0 Å². The normalized spacial score (nSPS) is 15.5. The third-order valence-electron chi connectivity index (χ3n) is 6.08. The Hall–Kier alpha value is -3.62. The lowest BCUT2D eigenvalue weighted by Gasteiger charge is -2.39. The number of nitrogens with one attached hydrogen (secondary N) is 1. The van der Waals surface area contributed by atoms with E-state index >= 15 is 0 Å². The van der Waals surface area contributed by atoms with Crippen molar-refractivity contribution in [3.05, 3.63) is 83.0 Å². The van der Waals surface area contributed by atoms with Crippen LogP contribution in [-0.4, -0.2) is 38.7 Å². The minimum Gasteiger partial charge on any atom is -0.385 e. The molecule has 0 saturated carbocycles. The molecule has 0 unspecified atom stereocenters. The molecule has 8 nitrogen and oxygen atoms in total. The fourth-order valence-corrected chi connectivity index (χ4v) is 4.33. The van der Waals surface area contributed by atoms with Gasteiger partial charge < -0.3 is 21.1 Å². The Balaban J connectivity index is 1.34. The van der Waals surface area contributed by atoms with Gasteiger partial charge in [-0.1, -0.05) is 23.7 Å². The Kier molecular flexibility index (Phi) is 5.39. The molecule has 1 fully saturated rings. The zero-order valence-corrected chi connectivity index (χ0v) is 18.5. The number of aromatic nitrogens is 3. The van der Waals surface area contributed by atoms with Crippen LogP contribution >= 0.6 is 11.6 Å². The van der Waals surface area contributed by atoms with Crippen LogP contribution in [0.5, 0.6) is 0 Å². The highest BCUT2D eigenvalue weighted by Crippen LogP contribution is 2.36. The molecule has 9 heteroatoms. The number of anilines is 3. The molecule has 4 aromatic rings. The van der Waals surface area contributed by atoms with Crippen LogP contribution in [0, 0.1) is 0 Å². The van der Waals surface area contributed by atoms with Crippen molar-refractivity contribution in [3.8, 4) is 0 Å². The van der Waals surface area contributed by atoms with Gasteiger partial charge in [-0.05, 0) is 66.9 Å². The highest BCUT2D eigenvalue weighted by molar-refractivity contribution is 6.30. The second-order valence-electron chi connectivity index (χ2n) is 8.19. The molecule has 1 saturated heterocycles. The van der Waals surface area contributed by atoms with E-state index in [2.05, 4.69) is 20.3 Å². The van der Waals surface area contributed by atoms with E-state index < -0.39 is 11.5 Å². The Morgan fingerprint density at radius 3 is 2.42 bits per heavy atom. The predicted octanol–water partition coefficient (Wildman–Crippen LogP) is 3.71. The van der Waals surface area contributed by atoms with E-state index in [4.69, 9.17) is 17.3 Å². The van der Waals surface area contributed by atoms with E-state index in [0.29, 0.717) is 42.5 Å². The molecule has 1 aliphatic rings. The van der Waals surface area contributed by atoms with Crippen molar-refractivity contribution in [2.75, 3.05) is 23.3 Å². The maximum Gasteiger partial charge on any atom is 0.248 e. The second kappa shape index (κ2) is 8.38. The largest absolute Gasteiger partial charge is 0.385 e. The first-order chi connectivity index (χ1) is 15.9. The number of aliphatic hydroxyl groups is 1. The second-order valence-corrected chi connectivity index (χ2v) is 8.63. The van der Waals surface area contributed by atoms with Gasteiger partial charge in [-0.25, -0.2) is 4.52 Å². The summed E-state index contributed by atoms with van der Waals surface area (Å²) in [6.07, 6.45) is 3.05. The molecule has 2 aromatic heterocycles. The van der Waals surface area contributed by atoms with Gasteiger partial charge in [-0.15, -0.1) is 5.10 Å². The highest BCUT2D eigenvalue weighted by Gasteiger charge is 2.34. The van der Waals surface area contributed by atoms with Gasteiger partial charge in [0.15, 0.2) is 5.65 Å². The SMILES string of the molecule is NC(=O)c1ccc(Nc2nc3c(N4CCC(O)(c5ccc(Cl)cc5)CC4)cccn3n2)cc1. The summed E-state index contributed by atoms with van der Waals surface area (Å²) in [6.45, 7) is 1.37. The highest BCUT2D eigenvalue weighted by atomic mass is 35.5. The van der Waals surface area contributed by atoms with Gasteiger partial charge in [0.05, 0.1) is 11.3 Å². The van der Waals surface area contributed by atoms with Crippen LogP contribution in [0.2, 0.25) is 5.02 Å². The average Bonchev–Trinajstić information content (AvgIpc) is 3.23. The zero-order chi connectivity index (χ0) is 23.0. The quantitative estimate of drug-likeness (QED) is 0.417. The van der Waals surface area contributed by atoms with Gasteiger partial charge in [0.1, 0.15) is 0 Å². The predicted molar refractivity (Wildman–Crippen MR) is 128 cm³/mol. The minimum atomic E-state index is -0.871. The zero-order valence-electron chi connectivity index (χ0n) is 17.8. The first kappa shape index (κ1) is 21.2. The van der Waals surface area contributed by atoms with Gasteiger partial charge >= 0.3 is 0 Å². The number of rotatable bonds is 5. The summed E-state index contributed by atoms with van der Waals surface area (Å²) in [6, 6.07) is 18.2. The van der Waals surface area contributed by atoms with Crippen molar-refractivity contribution in [3.63, 3.8) is 0 Å². The maximum absolute atomic E-state index is 11.3.